The molecule has 1 spiro atoms. The van der Waals surface area contributed by atoms with E-state index in [1.807, 2.05) is 29.2 Å². The van der Waals surface area contributed by atoms with Crippen LogP contribution in [0, 0.1) is 11.7 Å². The lowest BCUT2D eigenvalue weighted by Gasteiger charge is -2.47. The Kier molecular flexibility index (Phi) is 5.83. The van der Waals surface area contributed by atoms with Crippen molar-refractivity contribution >= 4 is 5.91 Å². The average molecular weight is 399 g/mol. The van der Waals surface area contributed by atoms with E-state index in [1.54, 1.807) is 19.2 Å². The number of amides is 1. The quantitative estimate of drug-likeness (QED) is 0.667. The van der Waals surface area contributed by atoms with E-state index in [0.29, 0.717) is 50.1 Å². The predicted octanol–water partition coefficient (Wildman–Crippen LogP) is 3.67. The van der Waals surface area contributed by atoms with Gasteiger partial charge in [-0.3, -0.25) is 4.79 Å². The molecule has 2 fully saturated rings. The normalized spacial score (nSPS) is 19.9. The molecule has 6 heteroatoms. The molecular formula is C23H26FNO4. The summed E-state index contributed by atoms with van der Waals surface area (Å²) in [5.74, 6) is 0.883. The summed E-state index contributed by atoms with van der Waals surface area (Å²) in [7, 11) is 1.59. The largest absolute Gasteiger partial charge is 0.497 e. The summed E-state index contributed by atoms with van der Waals surface area (Å²) >= 11 is 0. The second kappa shape index (κ2) is 8.51. The molecule has 2 heterocycles. The summed E-state index contributed by atoms with van der Waals surface area (Å²) in [6, 6.07) is 13.7. The molecule has 1 atom stereocenters. The first-order valence-corrected chi connectivity index (χ1v) is 9.96. The third kappa shape index (κ3) is 4.60. The molecule has 2 aromatic rings. The predicted molar refractivity (Wildman–Crippen MR) is 106 cm³/mol. The van der Waals surface area contributed by atoms with Crippen molar-refractivity contribution in [2.45, 2.75) is 25.0 Å². The highest BCUT2D eigenvalue weighted by atomic mass is 19.1. The molecular weight excluding hydrogens is 373 g/mol. The first kappa shape index (κ1) is 19.9. The monoisotopic (exact) mass is 399 g/mol. The fourth-order valence-electron chi connectivity index (χ4n) is 4.14. The summed E-state index contributed by atoms with van der Waals surface area (Å²) in [6.07, 6.45) is 1.85. The number of methoxy groups -OCH3 is 1. The Morgan fingerprint density at radius 2 is 2.07 bits per heavy atom. The summed E-state index contributed by atoms with van der Waals surface area (Å²) in [4.78, 5) is 14.5. The number of likely N-dealkylation sites (tertiary alicyclic amines) is 1. The van der Waals surface area contributed by atoms with Crippen LogP contribution in [0.2, 0.25) is 0 Å². The first-order chi connectivity index (χ1) is 14.1. The summed E-state index contributed by atoms with van der Waals surface area (Å²) < 4.78 is 30.1. The summed E-state index contributed by atoms with van der Waals surface area (Å²) in [5.41, 5.74) is 1.27. The van der Waals surface area contributed by atoms with Gasteiger partial charge in [0.2, 0.25) is 0 Å². The number of ether oxygens (including phenoxy) is 3. The van der Waals surface area contributed by atoms with Gasteiger partial charge in [-0.2, -0.15) is 0 Å². The van der Waals surface area contributed by atoms with Gasteiger partial charge in [-0.15, -0.1) is 0 Å². The van der Waals surface area contributed by atoms with Crippen LogP contribution in [-0.4, -0.2) is 49.8 Å². The maximum absolute atomic E-state index is 13.2. The van der Waals surface area contributed by atoms with Crippen molar-refractivity contribution in [2.75, 3.05) is 33.4 Å². The highest BCUT2D eigenvalue weighted by molar-refractivity contribution is 5.95. The molecule has 0 bridgehead atoms. The van der Waals surface area contributed by atoms with E-state index in [2.05, 4.69) is 0 Å². The molecule has 0 aliphatic carbocycles. The molecule has 2 saturated heterocycles. The molecule has 0 aromatic heterocycles. The van der Waals surface area contributed by atoms with Crippen LogP contribution >= 0.6 is 0 Å². The minimum atomic E-state index is -0.240. The van der Waals surface area contributed by atoms with Gasteiger partial charge in [0.25, 0.3) is 5.91 Å². The third-order valence-electron chi connectivity index (χ3n) is 5.68. The Balaban J connectivity index is 1.20. The van der Waals surface area contributed by atoms with E-state index < -0.39 is 0 Å². The van der Waals surface area contributed by atoms with E-state index in [9.17, 15) is 9.18 Å². The Hall–Kier alpha value is -2.44. The number of carbonyl (C=O) groups is 1. The molecule has 4 rings (SSSR count). The molecule has 5 nitrogen and oxygen atoms in total. The number of nitrogens with zero attached hydrogens (tertiary/aromatic N) is 1. The number of hydrogen-bond donors (Lipinski definition) is 0. The van der Waals surface area contributed by atoms with E-state index in [-0.39, 0.29) is 17.3 Å². The van der Waals surface area contributed by atoms with Gasteiger partial charge in [0, 0.05) is 12.2 Å². The van der Waals surface area contributed by atoms with Gasteiger partial charge < -0.3 is 19.1 Å². The molecule has 0 N–H and O–H groups in total. The van der Waals surface area contributed by atoms with Crippen LogP contribution in [0.1, 0.15) is 28.8 Å². The van der Waals surface area contributed by atoms with Crippen LogP contribution < -0.4 is 4.74 Å². The van der Waals surface area contributed by atoms with Crippen LogP contribution in [-0.2, 0) is 16.1 Å². The second-order valence-electron chi connectivity index (χ2n) is 7.93. The number of benzene rings is 2. The lowest BCUT2D eigenvalue weighted by Crippen LogP contribution is -2.63. The Bertz CT molecular complexity index is 865. The fraction of sp³-hybridized carbons (Fsp3) is 0.435. The van der Waals surface area contributed by atoms with Crippen molar-refractivity contribution in [1.29, 1.82) is 0 Å². The Morgan fingerprint density at radius 3 is 2.86 bits per heavy atom. The maximum atomic E-state index is 13.2. The smallest absolute Gasteiger partial charge is 0.254 e. The topological polar surface area (TPSA) is 48.0 Å². The standard InChI is InChI=1S/C23H26FNO4/c1-27-21-7-3-5-19(11-21)22(26)25-15-23(16-25)12-18(14-29-23)8-9-28-13-17-4-2-6-20(24)10-17/h2-7,10-11,18H,8-9,12-16H2,1H3. The van der Waals surface area contributed by atoms with Gasteiger partial charge in [-0.1, -0.05) is 18.2 Å². The molecule has 29 heavy (non-hydrogen) atoms. The lowest BCUT2D eigenvalue weighted by atomic mass is 9.85. The van der Waals surface area contributed by atoms with E-state index in [4.69, 9.17) is 14.2 Å². The van der Waals surface area contributed by atoms with Crippen molar-refractivity contribution in [3.05, 3.63) is 65.5 Å². The van der Waals surface area contributed by atoms with Crippen molar-refractivity contribution < 1.29 is 23.4 Å². The molecule has 154 valence electrons. The van der Waals surface area contributed by atoms with Crippen molar-refractivity contribution in [2.24, 2.45) is 5.92 Å². The highest BCUT2D eigenvalue weighted by Crippen LogP contribution is 2.39. The van der Waals surface area contributed by atoms with Crippen LogP contribution in [0.3, 0.4) is 0 Å². The minimum Gasteiger partial charge on any atom is -0.497 e. The van der Waals surface area contributed by atoms with E-state index in [1.165, 1.54) is 12.1 Å². The molecule has 2 aliphatic heterocycles. The van der Waals surface area contributed by atoms with Gasteiger partial charge in [0.1, 0.15) is 17.2 Å². The molecule has 1 amide bonds. The molecule has 0 saturated carbocycles. The fourth-order valence-corrected chi connectivity index (χ4v) is 4.14. The van der Waals surface area contributed by atoms with Crippen molar-refractivity contribution in [3.63, 3.8) is 0 Å². The number of carbonyl (C=O) groups excluding carboxylic acids is 1. The zero-order valence-electron chi connectivity index (χ0n) is 16.6. The van der Waals surface area contributed by atoms with Gasteiger partial charge in [-0.05, 0) is 54.7 Å². The van der Waals surface area contributed by atoms with E-state index >= 15 is 0 Å². The van der Waals surface area contributed by atoms with Gasteiger partial charge in [0.05, 0.1) is 33.4 Å². The van der Waals surface area contributed by atoms with Crippen LogP contribution in [0.15, 0.2) is 48.5 Å². The summed E-state index contributed by atoms with van der Waals surface area (Å²) in [6.45, 7) is 2.99. The molecule has 1 unspecified atom stereocenters. The Morgan fingerprint density at radius 1 is 1.24 bits per heavy atom. The molecule has 0 radical (unpaired) electrons. The number of hydrogen-bond acceptors (Lipinski definition) is 4. The average Bonchev–Trinajstić information content (AvgIpc) is 3.14. The number of rotatable bonds is 7. The SMILES string of the molecule is COc1cccc(C(=O)N2CC3(CC(CCOCc4cccc(F)c4)CO3)C2)c1. The van der Waals surface area contributed by atoms with Gasteiger partial charge in [-0.25, -0.2) is 4.39 Å². The second-order valence-corrected chi connectivity index (χ2v) is 7.93. The minimum absolute atomic E-state index is 0.0139. The van der Waals surface area contributed by atoms with Crippen molar-refractivity contribution in [3.8, 4) is 5.75 Å². The summed E-state index contributed by atoms with van der Waals surface area (Å²) in [5, 5.41) is 0. The van der Waals surface area contributed by atoms with Crippen LogP contribution in [0.5, 0.6) is 5.75 Å². The highest BCUT2D eigenvalue weighted by Gasteiger charge is 2.51. The van der Waals surface area contributed by atoms with Crippen LogP contribution in [0.4, 0.5) is 4.39 Å². The van der Waals surface area contributed by atoms with Crippen LogP contribution in [0.25, 0.3) is 0 Å². The van der Waals surface area contributed by atoms with E-state index in [0.717, 1.165) is 18.4 Å². The first-order valence-electron chi connectivity index (χ1n) is 9.96. The third-order valence-corrected chi connectivity index (χ3v) is 5.68. The van der Waals surface area contributed by atoms with Crippen molar-refractivity contribution in [1.82, 2.24) is 4.90 Å². The lowest BCUT2D eigenvalue weighted by molar-refractivity contribution is -0.0950. The maximum Gasteiger partial charge on any atom is 0.254 e. The molecule has 2 aromatic carbocycles. The van der Waals surface area contributed by atoms with Gasteiger partial charge in [0.15, 0.2) is 0 Å². The zero-order valence-corrected chi connectivity index (χ0v) is 16.6. The zero-order chi connectivity index (χ0) is 20.3. The van der Waals surface area contributed by atoms with Gasteiger partial charge >= 0.3 is 0 Å². The molecule has 2 aliphatic rings. The Labute approximate surface area is 170 Å². The number of halogens is 1.